The Morgan fingerprint density at radius 1 is 1.05 bits per heavy atom. The van der Waals surface area contributed by atoms with Gasteiger partial charge in [-0.05, 0) is 25.1 Å². The molecule has 1 saturated heterocycles. The van der Waals surface area contributed by atoms with Crippen molar-refractivity contribution in [1.82, 2.24) is 5.32 Å². The van der Waals surface area contributed by atoms with Crippen molar-refractivity contribution in [3.63, 3.8) is 0 Å². The van der Waals surface area contributed by atoms with Crippen LogP contribution in [-0.4, -0.2) is 74.4 Å². The molecule has 1 aliphatic heterocycles. The normalized spacial score (nSPS) is 32.1. The Balaban J connectivity index is 1.94. The van der Waals surface area contributed by atoms with Crippen LogP contribution in [-0.2, 0) is 11.2 Å². The van der Waals surface area contributed by atoms with Gasteiger partial charge in [-0.15, -0.1) is 0 Å². The first-order valence-corrected chi connectivity index (χ1v) is 6.99. The summed E-state index contributed by atoms with van der Waals surface area (Å²) in [6.07, 6.45) is -4.85. The summed E-state index contributed by atoms with van der Waals surface area (Å²) in [4.78, 5) is 0. The van der Waals surface area contributed by atoms with Gasteiger partial charge in [-0.3, -0.25) is 0 Å². The third kappa shape index (κ3) is 3.49. The monoisotopic (exact) mass is 315 g/mol. The number of hydrogen-bond acceptors (Lipinski definition) is 8. The van der Waals surface area contributed by atoms with Crippen LogP contribution in [0.1, 0.15) is 5.56 Å². The SMILES string of the molecule is OC[C@H]1OC(O)[C@H](NCCc2c(O)cccc2O)[C@@H](O)[C@@H]1O. The van der Waals surface area contributed by atoms with Gasteiger partial charge in [0.1, 0.15) is 29.8 Å². The molecule has 2 rings (SSSR count). The molecule has 0 bridgehead atoms. The summed E-state index contributed by atoms with van der Waals surface area (Å²) in [5.41, 5.74) is 0.337. The second-order valence-corrected chi connectivity index (χ2v) is 5.23. The average Bonchev–Trinajstić information content (AvgIpc) is 2.49. The fraction of sp³-hybridized carbons (Fsp3) is 0.571. The van der Waals surface area contributed by atoms with Crippen molar-refractivity contribution in [3.8, 4) is 11.5 Å². The number of hydrogen-bond donors (Lipinski definition) is 7. The maximum absolute atomic E-state index is 9.95. The molecule has 1 aromatic rings. The molecule has 124 valence electrons. The first-order valence-electron chi connectivity index (χ1n) is 6.99. The van der Waals surface area contributed by atoms with Crippen LogP contribution in [0.3, 0.4) is 0 Å². The number of aromatic hydroxyl groups is 2. The smallest absolute Gasteiger partial charge is 0.173 e. The van der Waals surface area contributed by atoms with Crippen LogP contribution in [0.15, 0.2) is 18.2 Å². The van der Waals surface area contributed by atoms with Crippen molar-refractivity contribution >= 4 is 0 Å². The number of rotatable bonds is 5. The van der Waals surface area contributed by atoms with E-state index in [0.717, 1.165) is 0 Å². The lowest BCUT2D eigenvalue weighted by Gasteiger charge is -2.40. The largest absolute Gasteiger partial charge is 0.508 e. The van der Waals surface area contributed by atoms with Gasteiger partial charge in [0.25, 0.3) is 0 Å². The molecule has 1 aromatic carbocycles. The summed E-state index contributed by atoms with van der Waals surface area (Å²) in [6, 6.07) is 3.44. The predicted molar refractivity (Wildman–Crippen MR) is 75.2 cm³/mol. The predicted octanol–water partition coefficient (Wildman–Crippen LogP) is -1.97. The van der Waals surface area contributed by atoms with E-state index in [1.165, 1.54) is 18.2 Å². The van der Waals surface area contributed by atoms with Crippen LogP contribution in [0.2, 0.25) is 0 Å². The fourth-order valence-electron chi connectivity index (χ4n) is 2.50. The molecule has 1 aliphatic rings. The Morgan fingerprint density at radius 2 is 1.68 bits per heavy atom. The van der Waals surface area contributed by atoms with E-state index >= 15 is 0 Å². The van der Waals surface area contributed by atoms with Crippen LogP contribution in [0.5, 0.6) is 11.5 Å². The van der Waals surface area contributed by atoms with E-state index in [4.69, 9.17) is 9.84 Å². The maximum Gasteiger partial charge on any atom is 0.173 e. The number of aliphatic hydroxyl groups excluding tert-OH is 4. The van der Waals surface area contributed by atoms with Gasteiger partial charge < -0.3 is 40.7 Å². The Morgan fingerprint density at radius 3 is 2.27 bits per heavy atom. The quantitative estimate of drug-likeness (QED) is 0.332. The average molecular weight is 315 g/mol. The highest BCUT2D eigenvalue weighted by atomic mass is 16.6. The summed E-state index contributed by atoms with van der Waals surface area (Å²) < 4.78 is 5.02. The highest BCUT2D eigenvalue weighted by Gasteiger charge is 2.43. The van der Waals surface area contributed by atoms with Gasteiger partial charge >= 0.3 is 0 Å². The van der Waals surface area contributed by atoms with Crippen molar-refractivity contribution in [1.29, 1.82) is 0 Å². The zero-order chi connectivity index (χ0) is 16.3. The topological polar surface area (TPSA) is 143 Å². The molecule has 8 heteroatoms. The third-order valence-electron chi connectivity index (χ3n) is 3.78. The van der Waals surface area contributed by atoms with E-state index in [-0.39, 0.29) is 24.5 Å². The molecule has 5 atom stereocenters. The molecule has 1 fully saturated rings. The van der Waals surface area contributed by atoms with E-state index in [9.17, 15) is 25.5 Å². The Hall–Kier alpha value is -1.42. The van der Waals surface area contributed by atoms with Gasteiger partial charge in [0.15, 0.2) is 6.29 Å². The Kier molecular flexibility index (Phi) is 5.57. The Bertz CT molecular complexity index is 478. The van der Waals surface area contributed by atoms with Crippen LogP contribution in [0.25, 0.3) is 0 Å². The van der Waals surface area contributed by atoms with Crippen LogP contribution in [0, 0.1) is 0 Å². The maximum atomic E-state index is 9.95. The standard InChI is InChI=1S/C14H21NO7/c16-6-10-12(19)13(20)11(14(21)22-10)15-5-4-7-8(17)2-1-3-9(7)18/h1-3,10-21H,4-6H2/t10-,11-,12-,13-,14?/m1/s1. The van der Waals surface area contributed by atoms with Gasteiger partial charge in [0, 0.05) is 5.56 Å². The number of phenolic OH excluding ortho intramolecular Hbond substituents is 2. The van der Waals surface area contributed by atoms with Gasteiger partial charge in [-0.2, -0.15) is 0 Å². The first kappa shape index (κ1) is 16.9. The highest BCUT2D eigenvalue weighted by Crippen LogP contribution is 2.26. The van der Waals surface area contributed by atoms with Crippen LogP contribution < -0.4 is 5.32 Å². The fourth-order valence-corrected chi connectivity index (χ4v) is 2.50. The minimum Gasteiger partial charge on any atom is -0.508 e. The molecule has 1 unspecified atom stereocenters. The molecule has 0 aromatic heterocycles. The summed E-state index contributed by atoms with van der Waals surface area (Å²) in [6.45, 7) is -0.308. The lowest BCUT2D eigenvalue weighted by atomic mass is 9.97. The molecule has 1 heterocycles. The molecule has 22 heavy (non-hydrogen) atoms. The first-order chi connectivity index (χ1) is 10.5. The van der Waals surface area contributed by atoms with E-state index in [1.54, 1.807) is 0 Å². The van der Waals surface area contributed by atoms with Crippen molar-refractivity contribution in [2.45, 2.75) is 37.1 Å². The van der Waals surface area contributed by atoms with Crippen molar-refractivity contribution < 1.29 is 35.4 Å². The number of benzene rings is 1. The lowest BCUT2D eigenvalue weighted by molar-refractivity contribution is -0.254. The van der Waals surface area contributed by atoms with Gasteiger partial charge in [-0.25, -0.2) is 0 Å². The number of nitrogens with one attached hydrogen (secondary N) is 1. The van der Waals surface area contributed by atoms with Crippen LogP contribution in [0.4, 0.5) is 0 Å². The minimum absolute atomic E-state index is 0.0526. The molecule has 0 aliphatic carbocycles. The third-order valence-corrected chi connectivity index (χ3v) is 3.78. The van der Waals surface area contributed by atoms with Gasteiger partial charge in [0.2, 0.25) is 0 Å². The molecule has 7 N–H and O–H groups in total. The number of ether oxygens (including phenoxy) is 1. The lowest BCUT2D eigenvalue weighted by Crippen LogP contribution is -2.63. The molecular formula is C14H21NO7. The van der Waals surface area contributed by atoms with E-state index < -0.39 is 37.3 Å². The second kappa shape index (κ2) is 7.23. The summed E-state index contributed by atoms with van der Waals surface area (Å²) in [5.74, 6) is -0.105. The second-order valence-electron chi connectivity index (χ2n) is 5.23. The molecule has 0 spiro atoms. The van der Waals surface area contributed by atoms with Crippen molar-refractivity contribution in [2.75, 3.05) is 13.2 Å². The molecule has 0 saturated carbocycles. The van der Waals surface area contributed by atoms with E-state index in [1.807, 2.05) is 0 Å². The van der Waals surface area contributed by atoms with Gasteiger partial charge in [0.05, 0.1) is 12.6 Å². The Labute approximate surface area is 127 Å². The zero-order valence-corrected chi connectivity index (χ0v) is 11.8. The number of phenols is 2. The van der Waals surface area contributed by atoms with Crippen molar-refractivity contribution in [2.24, 2.45) is 0 Å². The summed E-state index contributed by atoms with van der Waals surface area (Å²) in [5, 5.41) is 60.6. The van der Waals surface area contributed by atoms with E-state index in [0.29, 0.717) is 5.56 Å². The molecule has 0 amide bonds. The van der Waals surface area contributed by atoms with E-state index in [2.05, 4.69) is 5.32 Å². The van der Waals surface area contributed by atoms with Crippen molar-refractivity contribution in [3.05, 3.63) is 23.8 Å². The molecule has 0 radical (unpaired) electrons. The highest BCUT2D eigenvalue weighted by molar-refractivity contribution is 5.43. The minimum atomic E-state index is -1.39. The van der Waals surface area contributed by atoms with Crippen LogP contribution >= 0.6 is 0 Å². The van der Waals surface area contributed by atoms with Gasteiger partial charge in [-0.1, -0.05) is 6.07 Å². The summed E-state index contributed by atoms with van der Waals surface area (Å²) in [7, 11) is 0. The molecule has 8 nitrogen and oxygen atoms in total. The molecular weight excluding hydrogens is 294 g/mol. The summed E-state index contributed by atoms with van der Waals surface area (Å²) >= 11 is 0. The number of aliphatic hydroxyl groups is 4. The zero-order valence-electron chi connectivity index (χ0n) is 11.8.